The van der Waals surface area contributed by atoms with E-state index < -0.39 is 12.1 Å². The minimum absolute atomic E-state index is 0.0130. The fraction of sp³-hybridized carbons (Fsp3) is 0.312. The van der Waals surface area contributed by atoms with Crippen molar-refractivity contribution in [3.63, 3.8) is 0 Å². The highest BCUT2D eigenvalue weighted by Crippen LogP contribution is 2.46. The van der Waals surface area contributed by atoms with Crippen LogP contribution in [0.15, 0.2) is 72.8 Å². The summed E-state index contributed by atoms with van der Waals surface area (Å²) in [6.07, 6.45) is -1.59. The Morgan fingerprint density at radius 3 is 2.26 bits per heavy atom. The minimum atomic E-state index is -5.08. The van der Waals surface area contributed by atoms with E-state index in [4.69, 9.17) is 37.2 Å². The van der Waals surface area contributed by atoms with Crippen molar-refractivity contribution < 1.29 is 27.9 Å². The molecule has 5 rings (SSSR count). The van der Waals surface area contributed by atoms with Gasteiger partial charge >= 0.3 is 12.1 Å². The first kappa shape index (κ1) is 31.9. The maximum atomic E-state index is 13.9. The van der Waals surface area contributed by atoms with Crippen LogP contribution >= 0.6 is 11.6 Å². The molecule has 43 heavy (non-hydrogen) atoms. The lowest BCUT2D eigenvalue weighted by Gasteiger charge is -2.33. The van der Waals surface area contributed by atoms with Crippen molar-refractivity contribution in [3.05, 3.63) is 106 Å². The van der Waals surface area contributed by atoms with Crippen LogP contribution in [0, 0.1) is 12.8 Å². The van der Waals surface area contributed by atoms with Crippen molar-refractivity contribution in [3.8, 4) is 0 Å². The average Bonchev–Trinajstić information content (AvgIpc) is 3.81. The summed E-state index contributed by atoms with van der Waals surface area (Å²) in [5, 5.41) is 7.75. The van der Waals surface area contributed by atoms with Gasteiger partial charge in [-0.05, 0) is 74.5 Å². The minimum Gasteiger partial charge on any atom is -0.475 e. The predicted octanol–water partition coefficient (Wildman–Crippen LogP) is 6.76. The molecule has 0 radical (unpaired) electrons. The zero-order valence-electron chi connectivity index (χ0n) is 23.5. The second-order valence-corrected chi connectivity index (χ2v) is 10.9. The Balaban J connectivity index is 0.000000541. The number of fused-ring (bicyclic) bond motifs is 1. The normalized spacial score (nSPS) is 13.6. The van der Waals surface area contributed by atoms with E-state index in [1.165, 1.54) is 0 Å². The molecule has 0 aliphatic heterocycles. The van der Waals surface area contributed by atoms with Crippen molar-refractivity contribution >= 4 is 34.5 Å². The molecule has 7 nitrogen and oxygen atoms in total. The summed E-state index contributed by atoms with van der Waals surface area (Å²) in [6, 6.07) is 23.5. The monoisotopic (exact) mass is 612 g/mol. The molecular formula is C32H32ClF3N4O3. The molecule has 1 saturated carbocycles. The summed E-state index contributed by atoms with van der Waals surface area (Å²) >= 11 is 6.32. The predicted molar refractivity (Wildman–Crippen MR) is 159 cm³/mol. The number of alkyl halides is 3. The van der Waals surface area contributed by atoms with E-state index in [1.807, 2.05) is 72.5 Å². The molecule has 1 amide bonds. The SMILES string of the molecule is Cc1ccc(C(=O)N(CCCN)C(c2nc3cc(Cl)ccc3nc2Cc2ccccc2)C2CC2)cc1.O=C(O)C(F)(F)F. The lowest BCUT2D eigenvalue weighted by Crippen LogP contribution is -2.38. The first-order chi connectivity index (χ1) is 20.5. The molecule has 1 unspecified atom stereocenters. The summed E-state index contributed by atoms with van der Waals surface area (Å²) in [7, 11) is 0. The quantitative estimate of drug-likeness (QED) is 0.216. The molecule has 3 aromatic carbocycles. The molecule has 1 heterocycles. The van der Waals surface area contributed by atoms with Gasteiger partial charge in [-0.1, -0.05) is 59.6 Å². The Bertz CT molecular complexity index is 1560. The number of carboxylic acid groups (broad SMARTS) is 1. The Morgan fingerprint density at radius 2 is 1.67 bits per heavy atom. The number of hydrogen-bond acceptors (Lipinski definition) is 5. The highest BCUT2D eigenvalue weighted by molar-refractivity contribution is 6.31. The average molecular weight is 613 g/mol. The molecule has 1 fully saturated rings. The van der Waals surface area contributed by atoms with Crippen molar-refractivity contribution in [2.45, 2.75) is 44.8 Å². The van der Waals surface area contributed by atoms with E-state index in [2.05, 4.69) is 12.1 Å². The molecule has 4 aromatic rings. The largest absolute Gasteiger partial charge is 0.490 e. The van der Waals surface area contributed by atoms with Gasteiger partial charge in [0.25, 0.3) is 5.91 Å². The summed E-state index contributed by atoms with van der Waals surface area (Å²) in [6.45, 7) is 3.12. The van der Waals surface area contributed by atoms with Gasteiger partial charge in [-0.3, -0.25) is 4.79 Å². The van der Waals surface area contributed by atoms with Crippen molar-refractivity contribution in [1.29, 1.82) is 0 Å². The summed E-state index contributed by atoms with van der Waals surface area (Å²) < 4.78 is 31.7. The van der Waals surface area contributed by atoms with Crippen LogP contribution < -0.4 is 5.73 Å². The summed E-state index contributed by atoms with van der Waals surface area (Å²) in [5.41, 5.74) is 12.2. The zero-order valence-corrected chi connectivity index (χ0v) is 24.3. The molecule has 1 aromatic heterocycles. The molecule has 1 aliphatic rings. The molecular weight excluding hydrogens is 581 g/mol. The van der Waals surface area contributed by atoms with Gasteiger partial charge in [0, 0.05) is 23.6 Å². The molecule has 0 spiro atoms. The Hall–Kier alpha value is -4.02. The molecule has 3 N–H and O–H groups in total. The van der Waals surface area contributed by atoms with Crippen molar-refractivity contribution in [1.82, 2.24) is 14.9 Å². The van der Waals surface area contributed by atoms with Crippen molar-refractivity contribution in [2.24, 2.45) is 11.7 Å². The highest BCUT2D eigenvalue weighted by atomic mass is 35.5. The van der Waals surface area contributed by atoms with Crippen LogP contribution in [0.1, 0.15) is 58.2 Å². The smallest absolute Gasteiger partial charge is 0.475 e. The number of aryl methyl sites for hydroxylation is 1. The van der Waals surface area contributed by atoms with Gasteiger partial charge in [0.15, 0.2) is 0 Å². The van der Waals surface area contributed by atoms with E-state index in [-0.39, 0.29) is 11.9 Å². The van der Waals surface area contributed by atoms with E-state index in [0.717, 1.165) is 52.8 Å². The number of aromatic nitrogens is 2. The standard InChI is InChI=1S/C30H31ClN4O.C2HF3O2/c1-20-8-10-23(11-9-20)30(36)35(17-5-16-32)29(22-12-13-22)28-27(18-21-6-3-2-4-7-21)33-25-15-14-24(31)19-26(25)34-28;3-2(4,5)1(6)7/h2-4,6-11,14-15,19,22,29H,5,12-13,16-18,32H2,1H3;(H,6,7). The number of nitrogens with two attached hydrogens (primary N) is 1. The lowest BCUT2D eigenvalue weighted by atomic mass is 9.98. The molecule has 0 saturated heterocycles. The van der Waals surface area contributed by atoms with Crippen molar-refractivity contribution in [2.75, 3.05) is 13.1 Å². The molecule has 0 bridgehead atoms. The first-order valence-corrected chi connectivity index (χ1v) is 14.2. The fourth-order valence-electron chi connectivity index (χ4n) is 4.76. The van der Waals surface area contributed by atoms with Crippen LogP contribution in [0.5, 0.6) is 0 Å². The maximum absolute atomic E-state index is 13.9. The third-order valence-electron chi connectivity index (χ3n) is 7.03. The van der Waals surface area contributed by atoms with Gasteiger partial charge in [-0.15, -0.1) is 0 Å². The summed E-state index contributed by atoms with van der Waals surface area (Å²) in [5.74, 6) is -2.40. The molecule has 11 heteroatoms. The number of carbonyl (C=O) groups is 2. The van der Waals surface area contributed by atoms with E-state index in [0.29, 0.717) is 36.0 Å². The van der Waals surface area contributed by atoms with Crippen LogP contribution in [0.25, 0.3) is 11.0 Å². The Labute approximate surface area is 252 Å². The number of carbonyl (C=O) groups excluding carboxylic acids is 1. The second-order valence-electron chi connectivity index (χ2n) is 10.4. The Kier molecular flexibility index (Phi) is 10.4. The second kappa shape index (κ2) is 14.0. The number of aliphatic carboxylic acids is 1. The number of carboxylic acids is 1. The van der Waals surface area contributed by atoms with Gasteiger partial charge in [0.05, 0.1) is 28.5 Å². The highest BCUT2D eigenvalue weighted by Gasteiger charge is 2.41. The third kappa shape index (κ3) is 8.52. The number of rotatable bonds is 9. The van der Waals surface area contributed by atoms with Crippen LogP contribution in [-0.4, -0.2) is 51.1 Å². The number of halogens is 4. The molecule has 1 aliphatic carbocycles. The van der Waals surface area contributed by atoms with E-state index in [1.54, 1.807) is 0 Å². The van der Waals surface area contributed by atoms with Gasteiger partial charge in [0.2, 0.25) is 0 Å². The van der Waals surface area contributed by atoms with Gasteiger partial charge < -0.3 is 15.7 Å². The zero-order chi connectivity index (χ0) is 31.1. The maximum Gasteiger partial charge on any atom is 0.490 e. The van der Waals surface area contributed by atoms with E-state index in [9.17, 15) is 18.0 Å². The van der Waals surface area contributed by atoms with Crippen LogP contribution in [0.3, 0.4) is 0 Å². The lowest BCUT2D eigenvalue weighted by molar-refractivity contribution is -0.192. The molecule has 1 atom stereocenters. The topological polar surface area (TPSA) is 109 Å². The number of amides is 1. The van der Waals surface area contributed by atoms with Gasteiger partial charge in [-0.2, -0.15) is 13.2 Å². The third-order valence-corrected chi connectivity index (χ3v) is 7.27. The Morgan fingerprint density at radius 1 is 1.02 bits per heavy atom. The number of hydrogen-bond donors (Lipinski definition) is 2. The van der Waals surface area contributed by atoms with E-state index >= 15 is 0 Å². The van der Waals surface area contributed by atoms with Gasteiger partial charge in [-0.25, -0.2) is 14.8 Å². The number of benzene rings is 3. The fourth-order valence-corrected chi connectivity index (χ4v) is 4.93. The molecule has 226 valence electrons. The van der Waals surface area contributed by atoms with Crippen LogP contribution in [0.2, 0.25) is 5.02 Å². The first-order valence-electron chi connectivity index (χ1n) is 13.9. The van der Waals surface area contributed by atoms with Gasteiger partial charge in [0.1, 0.15) is 0 Å². The summed E-state index contributed by atoms with van der Waals surface area (Å²) in [4.78, 5) is 35.0. The number of nitrogens with zero attached hydrogens (tertiary/aromatic N) is 3. The van der Waals surface area contributed by atoms with Crippen LogP contribution in [-0.2, 0) is 11.2 Å². The van der Waals surface area contributed by atoms with Crippen LogP contribution in [0.4, 0.5) is 13.2 Å².